The van der Waals surface area contributed by atoms with E-state index in [2.05, 4.69) is 35.8 Å². The monoisotopic (exact) mass is 340 g/mol. The van der Waals surface area contributed by atoms with Crippen molar-refractivity contribution in [1.29, 1.82) is 0 Å². The van der Waals surface area contributed by atoms with Crippen LogP contribution in [0.15, 0.2) is 28.7 Å². The van der Waals surface area contributed by atoms with E-state index in [1.165, 1.54) is 10.4 Å². The minimum absolute atomic E-state index is 0.579. The van der Waals surface area contributed by atoms with Crippen LogP contribution in [0.25, 0.3) is 0 Å². The van der Waals surface area contributed by atoms with Gasteiger partial charge >= 0.3 is 0 Å². The number of aliphatic hydroxyl groups is 1. The van der Waals surface area contributed by atoms with Crippen LogP contribution in [0.2, 0.25) is 0 Å². The van der Waals surface area contributed by atoms with Crippen molar-refractivity contribution in [3.63, 3.8) is 0 Å². The molecule has 0 spiro atoms. The van der Waals surface area contributed by atoms with Gasteiger partial charge in [0.1, 0.15) is 11.9 Å². The third kappa shape index (κ3) is 3.19. The summed E-state index contributed by atoms with van der Waals surface area (Å²) in [6, 6.07) is 7.76. The molecule has 1 heterocycles. The molecule has 2 rings (SSSR count). The van der Waals surface area contributed by atoms with Crippen LogP contribution in [0.3, 0.4) is 0 Å². The van der Waals surface area contributed by atoms with Gasteiger partial charge in [0.05, 0.1) is 11.1 Å². The lowest BCUT2D eigenvalue weighted by atomic mass is 10.1. The molecule has 4 heteroatoms. The van der Waals surface area contributed by atoms with E-state index in [1.807, 2.05) is 25.1 Å². The van der Waals surface area contributed by atoms with Crippen molar-refractivity contribution in [3.8, 4) is 5.75 Å². The van der Waals surface area contributed by atoms with Crippen molar-refractivity contribution in [1.82, 2.24) is 0 Å². The van der Waals surface area contributed by atoms with E-state index < -0.39 is 6.10 Å². The largest absolute Gasteiger partial charge is 0.493 e. The Kier molecular flexibility index (Phi) is 4.66. The third-order valence-corrected chi connectivity index (χ3v) is 4.85. The molecule has 2 nitrogen and oxygen atoms in total. The van der Waals surface area contributed by atoms with Crippen molar-refractivity contribution < 1.29 is 9.84 Å². The molecule has 2 aromatic rings. The Morgan fingerprint density at radius 2 is 2.05 bits per heavy atom. The van der Waals surface area contributed by atoms with Crippen molar-refractivity contribution >= 4 is 27.3 Å². The molecule has 1 aromatic carbocycles. The predicted octanol–water partition coefficient (Wildman–Crippen LogP) is 4.61. The van der Waals surface area contributed by atoms with Crippen LogP contribution in [-0.2, 0) is 0 Å². The summed E-state index contributed by atoms with van der Waals surface area (Å²) >= 11 is 5.12. The second-order valence-electron chi connectivity index (χ2n) is 4.41. The topological polar surface area (TPSA) is 29.5 Å². The second kappa shape index (κ2) is 6.07. The average Bonchev–Trinajstić information content (AvgIpc) is 2.71. The first-order valence-corrected chi connectivity index (χ1v) is 7.81. The Hall–Kier alpha value is -0.840. The summed E-state index contributed by atoms with van der Waals surface area (Å²) in [5, 5.41) is 10.4. The number of aliphatic hydroxyl groups excluding tert-OH is 1. The van der Waals surface area contributed by atoms with E-state index in [4.69, 9.17) is 4.74 Å². The van der Waals surface area contributed by atoms with Gasteiger partial charge in [-0.25, -0.2) is 0 Å². The molecule has 0 radical (unpaired) electrons. The number of ether oxygens (including phenoxy) is 1. The minimum Gasteiger partial charge on any atom is -0.493 e. The molecule has 0 bridgehead atoms. The Morgan fingerprint density at radius 3 is 2.58 bits per heavy atom. The number of hydrogen-bond acceptors (Lipinski definition) is 3. The fourth-order valence-corrected chi connectivity index (χ4v) is 3.43. The van der Waals surface area contributed by atoms with Gasteiger partial charge in [0.25, 0.3) is 0 Å². The van der Waals surface area contributed by atoms with Crippen LogP contribution in [0.4, 0.5) is 0 Å². The van der Waals surface area contributed by atoms with Crippen LogP contribution in [-0.4, -0.2) is 11.7 Å². The summed E-state index contributed by atoms with van der Waals surface area (Å²) in [4.78, 5) is 2.23. The van der Waals surface area contributed by atoms with Gasteiger partial charge in [0.2, 0.25) is 0 Å². The van der Waals surface area contributed by atoms with E-state index >= 15 is 0 Å². The van der Waals surface area contributed by atoms with Gasteiger partial charge in [-0.15, -0.1) is 11.3 Å². The lowest BCUT2D eigenvalue weighted by molar-refractivity contribution is 0.224. The van der Waals surface area contributed by atoms with Gasteiger partial charge in [0.15, 0.2) is 0 Å². The predicted molar refractivity (Wildman–Crippen MR) is 83.2 cm³/mol. The van der Waals surface area contributed by atoms with Crippen molar-refractivity contribution in [3.05, 3.63) is 49.6 Å². The molecular weight excluding hydrogens is 324 g/mol. The fourth-order valence-electron chi connectivity index (χ4n) is 1.86. The Labute approximate surface area is 126 Å². The maximum absolute atomic E-state index is 10.4. The molecule has 0 saturated carbocycles. The normalized spacial score (nSPS) is 12.5. The zero-order valence-electron chi connectivity index (χ0n) is 11.2. The SMILES string of the molecule is CCOc1ccc(C(O)c2cc(C)c(C)s2)cc1Br. The van der Waals surface area contributed by atoms with Crippen molar-refractivity contribution in [2.75, 3.05) is 6.61 Å². The van der Waals surface area contributed by atoms with Crippen molar-refractivity contribution in [2.24, 2.45) is 0 Å². The fraction of sp³-hybridized carbons (Fsp3) is 0.333. The van der Waals surface area contributed by atoms with Gasteiger partial charge in [-0.05, 0) is 66.0 Å². The van der Waals surface area contributed by atoms with E-state index in [9.17, 15) is 5.11 Å². The standard InChI is InChI=1S/C15H17BrO2S/c1-4-18-13-6-5-11(8-12(13)16)15(17)14-7-9(2)10(3)19-14/h5-8,15,17H,4H2,1-3H3. The van der Waals surface area contributed by atoms with Gasteiger partial charge in [-0.2, -0.15) is 0 Å². The zero-order chi connectivity index (χ0) is 14.0. The summed E-state index contributed by atoms with van der Waals surface area (Å²) in [6.45, 7) is 6.72. The second-order valence-corrected chi connectivity index (χ2v) is 6.56. The number of thiophene rings is 1. The first kappa shape index (κ1) is 14.6. The van der Waals surface area contributed by atoms with Gasteiger partial charge in [0, 0.05) is 9.75 Å². The van der Waals surface area contributed by atoms with E-state index in [-0.39, 0.29) is 0 Å². The number of halogens is 1. The molecule has 0 fully saturated rings. The van der Waals surface area contributed by atoms with E-state index in [1.54, 1.807) is 11.3 Å². The summed E-state index contributed by atoms with van der Waals surface area (Å²) < 4.78 is 6.35. The average molecular weight is 341 g/mol. The van der Waals surface area contributed by atoms with Crippen LogP contribution >= 0.6 is 27.3 Å². The molecule has 0 aliphatic rings. The number of hydrogen-bond donors (Lipinski definition) is 1. The highest BCUT2D eigenvalue weighted by Crippen LogP contribution is 2.34. The number of benzene rings is 1. The molecule has 0 saturated heterocycles. The molecule has 1 aromatic heterocycles. The van der Waals surface area contributed by atoms with Crippen LogP contribution in [0.1, 0.15) is 33.9 Å². The molecular formula is C15H17BrO2S. The molecule has 0 aliphatic heterocycles. The Bertz CT molecular complexity index is 558. The van der Waals surface area contributed by atoms with Crippen LogP contribution < -0.4 is 4.74 Å². The summed E-state index contributed by atoms with van der Waals surface area (Å²) in [7, 11) is 0. The minimum atomic E-state index is -0.579. The molecule has 0 aliphatic carbocycles. The first-order valence-electron chi connectivity index (χ1n) is 6.20. The maximum atomic E-state index is 10.4. The lowest BCUT2D eigenvalue weighted by Gasteiger charge is -2.12. The Morgan fingerprint density at radius 1 is 1.32 bits per heavy atom. The van der Waals surface area contributed by atoms with Gasteiger partial charge in [-0.1, -0.05) is 6.07 Å². The zero-order valence-corrected chi connectivity index (χ0v) is 13.6. The quantitative estimate of drug-likeness (QED) is 0.880. The highest BCUT2D eigenvalue weighted by atomic mass is 79.9. The van der Waals surface area contributed by atoms with Crippen LogP contribution in [0, 0.1) is 13.8 Å². The van der Waals surface area contributed by atoms with E-state index in [0.717, 1.165) is 20.7 Å². The summed E-state index contributed by atoms with van der Waals surface area (Å²) in [5.74, 6) is 0.803. The van der Waals surface area contributed by atoms with Gasteiger partial charge < -0.3 is 9.84 Å². The smallest absolute Gasteiger partial charge is 0.133 e. The number of aryl methyl sites for hydroxylation is 2. The molecule has 19 heavy (non-hydrogen) atoms. The van der Waals surface area contributed by atoms with Crippen molar-refractivity contribution in [2.45, 2.75) is 26.9 Å². The highest BCUT2D eigenvalue weighted by molar-refractivity contribution is 9.10. The van der Waals surface area contributed by atoms with E-state index in [0.29, 0.717) is 6.61 Å². The third-order valence-electron chi connectivity index (χ3n) is 3.03. The first-order chi connectivity index (χ1) is 9.02. The molecule has 1 atom stereocenters. The highest BCUT2D eigenvalue weighted by Gasteiger charge is 2.15. The number of rotatable bonds is 4. The maximum Gasteiger partial charge on any atom is 0.133 e. The molecule has 1 N–H and O–H groups in total. The Balaban J connectivity index is 2.28. The summed E-state index contributed by atoms with van der Waals surface area (Å²) in [6.07, 6.45) is -0.579. The van der Waals surface area contributed by atoms with Gasteiger partial charge in [-0.3, -0.25) is 0 Å². The molecule has 0 amide bonds. The van der Waals surface area contributed by atoms with Crippen LogP contribution in [0.5, 0.6) is 5.75 Å². The lowest BCUT2D eigenvalue weighted by Crippen LogP contribution is -1.98. The molecule has 102 valence electrons. The summed E-state index contributed by atoms with van der Waals surface area (Å²) in [5.41, 5.74) is 2.10. The molecule has 1 unspecified atom stereocenters.